The molecule has 1 aromatic heterocycles. The Morgan fingerprint density at radius 1 is 1.19 bits per heavy atom. The number of H-pyrrole nitrogens is 1. The van der Waals surface area contributed by atoms with Crippen LogP contribution in [0, 0.1) is 11.3 Å². The molecule has 1 aromatic carbocycles. The maximum Gasteiger partial charge on any atom is 0.494 e. The Bertz CT molecular complexity index is 1110. The van der Waals surface area contributed by atoms with Crippen LogP contribution in [-0.4, -0.2) is 65.5 Å². The number of imidazole rings is 1. The molecule has 2 unspecified atom stereocenters. The molecule has 37 heavy (non-hydrogen) atoms. The minimum Gasteiger partial charge on any atom is -0.453 e. The molecule has 1 saturated carbocycles. The summed E-state index contributed by atoms with van der Waals surface area (Å²) in [6.07, 6.45) is 5.20. The number of alkyl carbamates (subject to hydrolysis) is 1. The Morgan fingerprint density at radius 2 is 1.84 bits per heavy atom. The van der Waals surface area contributed by atoms with Crippen LogP contribution in [0.25, 0.3) is 11.3 Å². The van der Waals surface area contributed by atoms with Crippen LogP contribution in [0.1, 0.15) is 72.7 Å². The molecular formula is C28H41BN4O4. The number of rotatable bonds is 7. The number of carbonyl (C=O) groups is 1. The van der Waals surface area contributed by atoms with E-state index in [1.165, 1.54) is 20.0 Å². The van der Waals surface area contributed by atoms with Gasteiger partial charge in [0.1, 0.15) is 5.82 Å². The predicted molar refractivity (Wildman–Crippen MR) is 145 cm³/mol. The van der Waals surface area contributed by atoms with Crippen molar-refractivity contribution in [3.05, 3.63) is 36.3 Å². The number of carbonyl (C=O) groups excluding carboxylic acids is 1. The van der Waals surface area contributed by atoms with E-state index in [-0.39, 0.29) is 36.5 Å². The van der Waals surface area contributed by atoms with E-state index in [0.717, 1.165) is 42.1 Å². The summed E-state index contributed by atoms with van der Waals surface area (Å²) in [5, 5.41) is 3.03. The molecule has 1 amide bonds. The normalized spacial score (nSPS) is 24.5. The average Bonchev–Trinajstić information content (AvgIpc) is 3.16. The Labute approximate surface area is 221 Å². The van der Waals surface area contributed by atoms with Crippen molar-refractivity contribution in [1.82, 2.24) is 20.2 Å². The number of hydrogen-bond acceptors (Lipinski definition) is 6. The third kappa shape index (κ3) is 5.18. The van der Waals surface area contributed by atoms with E-state index in [1.807, 2.05) is 6.20 Å². The number of amides is 1. The first kappa shape index (κ1) is 26.3. The molecule has 2 atom stereocenters. The summed E-state index contributed by atoms with van der Waals surface area (Å²) < 4.78 is 17.3. The Morgan fingerprint density at radius 3 is 2.41 bits per heavy atom. The van der Waals surface area contributed by atoms with E-state index >= 15 is 0 Å². The lowest BCUT2D eigenvalue weighted by Gasteiger charge is -2.32. The van der Waals surface area contributed by atoms with Crippen molar-refractivity contribution in [3.63, 3.8) is 0 Å². The van der Waals surface area contributed by atoms with Gasteiger partial charge >= 0.3 is 13.2 Å². The largest absolute Gasteiger partial charge is 0.494 e. The number of ether oxygens (including phenoxy) is 1. The standard InChI is InChI=1S/C28H41BN4O4/c1-18(2)22(32-25(34)35-7)16-33-17-28(12-13-28)14-23(33)24-30-15-21(31-24)19-8-10-20(11-9-19)29-36-26(3,4)27(5,6)37-29/h8-11,15,18,22-23H,12-14,16-17H2,1-7H3,(H,30,31)(H,32,34). The van der Waals surface area contributed by atoms with Crippen LogP contribution < -0.4 is 10.8 Å². The molecule has 0 radical (unpaired) electrons. The van der Waals surface area contributed by atoms with Gasteiger partial charge in [-0.15, -0.1) is 0 Å². The highest BCUT2D eigenvalue weighted by Crippen LogP contribution is 2.58. The summed E-state index contributed by atoms with van der Waals surface area (Å²) in [4.78, 5) is 22.9. The van der Waals surface area contributed by atoms with Crippen LogP contribution in [-0.2, 0) is 14.0 Å². The molecule has 3 fully saturated rings. The van der Waals surface area contributed by atoms with Gasteiger partial charge in [0.2, 0.25) is 0 Å². The molecule has 200 valence electrons. The summed E-state index contributed by atoms with van der Waals surface area (Å²) in [6, 6.07) is 8.57. The molecule has 2 saturated heterocycles. The lowest BCUT2D eigenvalue weighted by atomic mass is 9.79. The van der Waals surface area contributed by atoms with E-state index in [0.29, 0.717) is 11.3 Å². The number of methoxy groups -OCH3 is 1. The van der Waals surface area contributed by atoms with Crippen molar-refractivity contribution < 1.29 is 18.8 Å². The Balaban J connectivity index is 1.31. The summed E-state index contributed by atoms with van der Waals surface area (Å²) in [7, 11) is 1.04. The van der Waals surface area contributed by atoms with Gasteiger partial charge < -0.3 is 24.3 Å². The molecule has 0 bridgehead atoms. The molecule has 1 spiro atoms. The van der Waals surface area contributed by atoms with Crippen LogP contribution in [0.5, 0.6) is 0 Å². The first-order chi connectivity index (χ1) is 17.4. The zero-order chi connectivity index (χ0) is 26.6. The number of aromatic nitrogens is 2. The van der Waals surface area contributed by atoms with Crippen molar-refractivity contribution in [2.75, 3.05) is 20.2 Å². The second-order valence-electron chi connectivity index (χ2n) is 12.5. The van der Waals surface area contributed by atoms with Gasteiger partial charge in [-0.1, -0.05) is 38.1 Å². The molecule has 5 rings (SSSR count). The Kier molecular flexibility index (Phi) is 6.70. The van der Waals surface area contributed by atoms with E-state index in [2.05, 4.69) is 81.0 Å². The van der Waals surface area contributed by atoms with E-state index in [1.54, 1.807) is 0 Å². The number of nitrogens with zero attached hydrogens (tertiary/aromatic N) is 2. The SMILES string of the molecule is COC(=O)NC(CN1CC2(CC2)CC1c1ncc(-c2ccc(B3OC(C)(C)C(C)(C)O3)cc2)[nH]1)C(C)C. The van der Waals surface area contributed by atoms with Gasteiger partial charge in [-0.25, -0.2) is 9.78 Å². The first-order valence-corrected chi connectivity index (χ1v) is 13.5. The topological polar surface area (TPSA) is 88.7 Å². The fourth-order valence-electron chi connectivity index (χ4n) is 5.48. The van der Waals surface area contributed by atoms with Crippen molar-refractivity contribution in [1.29, 1.82) is 0 Å². The van der Waals surface area contributed by atoms with Crippen LogP contribution in [0.15, 0.2) is 30.5 Å². The molecule has 2 aromatic rings. The molecule has 2 aliphatic heterocycles. The third-order valence-electron chi connectivity index (χ3n) is 8.95. The molecule has 2 N–H and O–H groups in total. The monoisotopic (exact) mass is 508 g/mol. The molecule has 3 aliphatic rings. The van der Waals surface area contributed by atoms with E-state index in [9.17, 15) is 4.79 Å². The Hall–Kier alpha value is -2.36. The second-order valence-corrected chi connectivity index (χ2v) is 12.5. The molecule has 8 nitrogen and oxygen atoms in total. The second kappa shape index (κ2) is 9.44. The predicted octanol–water partition coefficient (Wildman–Crippen LogP) is 4.28. The maximum absolute atomic E-state index is 11.9. The summed E-state index contributed by atoms with van der Waals surface area (Å²) in [6.45, 7) is 14.4. The van der Waals surface area contributed by atoms with Crippen molar-refractivity contribution >= 4 is 18.7 Å². The summed E-state index contributed by atoms with van der Waals surface area (Å²) >= 11 is 0. The average molecular weight is 508 g/mol. The zero-order valence-corrected chi connectivity index (χ0v) is 23.3. The van der Waals surface area contributed by atoms with E-state index in [4.69, 9.17) is 19.0 Å². The lowest BCUT2D eigenvalue weighted by molar-refractivity contribution is 0.00578. The fourth-order valence-corrected chi connectivity index (χ4v) is 5.48. The first-order valence-electron chi connectivity index (χ1n) is 13.5. The lowest BCUT2D eigenvalue weighted by Crippen LogP contribution is -2.46. The smallest absolute Gasteiger partial charge is 0.453 e. The maximum atomic E-state index is 11.9. The van der Waals surface area contributed by atoms with Crippen LogP contribution in [0.3, 0.4) is 0 Å². The number of aromatic amines is 1. The van der Waals surface area contributed by atoms with Crippen molar-refractivity contribution in [2.24, 2.45) is 11.3 Å². The van der Waals surface area contributed by atoms with Gasteiger partial charge in [-0.05, 0) is 69.3 Å². The van der Waals surface area contributed by atoms with Crippen molar-refractivity contribution in [3.8, 4) is 11.3 Å². The number of benzene rings is 1. The van der Waals surface area contributed by atoms with Gasteiger partial charge in [0.05, 0.1) is 36.2 Å². The van der Waals surface area contributed by atoms with Gasteiger partial charge in [0, 0.05) is 19.1 Å². The fraction of sp³-hybridized carbons (Fsp3) is 0.643. The summed E-state index contributed by atoms with van der Waals surface area (Å²) in [5.41, 5.74) is 2.77. The zero-order valence-electron chi connectivity index (χ0n) is 23.3. The summed E-state index contributed by atoms with van der Waals surface area (Å²) in [5.74, 6) is 1.29. The minimum atomic E-state index is -0.375. The van der Waals surface area contributed by atoms with Gasteiger partial charge in [-0.3, -0.25) is 4.90 Å². The van der Waals surface area contributed by atoms with Crippen LogP contribution >= 0.6 is 0 Å². The van der Waals surface area contributed by atoms with Crippen molar-refractivity contribution in [2.45, 2.75) is 84.1 Å². The van der Waals surface area contributed by atoms with E-state index < -0.39 is 0 Å². The number of hydrogen-bond donors (Lipinski definition) is 2. The van der Waals surface area contributed by atoms with Crippen LogP contribution in [0.4, 0.5) is 4.79 Å². The van der Waals surface area contributed by atoms with Gasteiger partial charge in [0.25, 0.3) is 0 Å². The van der Waals surface area contributed by atoms with Crippen LogP contribution in [0.2, 0.25) is 0 Å². The van der Waals surface area contributed by atoms with Gasteiger partial charge in [0.15, 0.2) is 0 Å². The third-order valence-corrected chi connectivity index (χ3v) is 8.95. The highest BCUT2D eigenvalue weighted by molar-refractivity contribution is 6.62. The highest BCUT2D eigenvalue weighted by Gasteiger charge is 2.53. The highest BCUT2D eigenvalue weighted by atomic mass is 16.7. The number of likely N-dealkylation sites (tertiary alicyclic amines) is 1. The van der Waals surface area contributed by atoms with Gasteiger partial charge in [-0.2, -0.15) is 0 Å². The molecule has 9 heteroatoms. The number of nitrogens with one attached hydrogen (secondary N) is 2. The minimum absolute atomic E-state index is 0.0146. The quantitative estimate of drug-likeness (QED) is 0.543. The molecular weight excluding hydrogens is 467 g/mol. The molecule has 3 heterocycles. The molecule has 1 aliphatic carbocycles.